The highest BCUT2D eigenvalue weighted by Gasteiger charge is 2.40. The number of hydrogen-bond donors (Lipinski definition) is 2. The fourth-order valence-corrected chi connectivity index (χ4v) is 1.72. The van der Waals surface area contributed by atoms with E-state index in [1.54, 1.807) is 12.4 Å². The summed E-state index contributed by atoms with van der Waals surface area (Å²) in [4.78, 5) is 3.99. The average Bonchev–Trinajstić information content (AvgIpc) is 2.14. The van der Waals surface area contributed by atoms with E-state index >= 15 is 0 Å². The predicted octanol–water partition coefficient (Wildman–Crippen LogP) is 0.996. The minimum Gasteiger partial charge on any atom is -0.388 e. The quantitative estimate of drug-likeness (QED) is 0.710. The van der Waals surface area contributed by atoms with Crippen LogP contribution in [-0.4, -0.2) is 15.7 Å². The molecule has 1 saturated carbocycles. The van der Waals surface area contributed by atoms with Crippen molar-refractivity contribution in [3.05, 3.63) is 30.1 Å². The highest BCUT2D eigenvalue weighted by atomic mass is 16.3. The van der Waals surface area contributed by atoms with E-state index in [4.69, 9.17) is 5.73 Å². The van der Waals surface area contributed by atoms with Crippen molar-refractivity contribution in [1.82, 2.24) is 4.98 Å². The number of hydrogen-bond acceptors (Lipinski definition) is 3. The molecule has 2 rings (SSSR count). The van der Waals surface area contributed by atoms with Crippen molar-refractivity contribution in [1.29, 1.82) is 0 Å². The lowest BCUT2D eigenvalue weighted by Gasteiger charge is -2.41. The Morgan fingerprint density at radius 3 is 2.77 bits per heavy atom. The van der Waals surface area contributed by atoms with E-state index in [0.29, 0.717) is 0 Å². The Labute approximate surface area is 77.6 Å². The number of nitrogens with zero attached hydrogens (tertiary/aromatic N) is 1. The van der Waals surface area contributed by atoms with Crippen molar-refractivity contribution >= 4 is 0 Å². The third kappa shape index (κ3) is 1.45. The first-order chi connectivity index (χ1) is 6.22. The van der Waals surface area contributed by atoms with Crippen LogP contribution in [-0.2, 0) is 0 Å². The number of pyridine rings is 1. The van der Waals surface area contributed by atoms with Crippen molar-refractivity contribution < 1.29 is 5.11 Å². The van der Waals surface area contributed by atoms with Gasteiger partial charge in [-0.15, -0.1) is 0 Å². The van der Waals surface area contributed by atoms with E-state index in [1.165, 1.54) is 0 Å². The lowest BCUT2D eigenvalue weighted by Crippen LogP contribution is -2.46. The summed E-state index contributed by atoms with van der Waals surface area (Å²) in [5, 5.41) is 9.98. The molecule has 0 saturated heterocycles. The van der Waals surface area contributed by atoms with Gasteiger partial charge in [0.25, 0.3) is 0 Å². The Hall–Kier alpha value is -0.930. The van der Waals surface area contributed by atoms with Crippen LogP contribution in [0.25, 0.3) is 0 Å². The smallest absolute Gasteiger partial charge is 0.0840 e. The molecule has 1 fully saturated rings. The van der Waals surface area contributed by atoms with Gasteiger partial charge in [0.2, 0.25) is 0 Å². The second kappa shape index (κ2) is 3.09. The van der Waals surface area contributed by atoms with Crippen LogP contribution >= 0.6 is 0 Å². The number of nitrogens with two attached hydrogens (primary N) is 1. The van der Waals surface area contributed by atoms with Gasteiger partial charge in [0.1, 0.15) is 0 Å². The van der Waals surface area contributed by atoms with Gasteiger partial charge < -0.3 is 10.8 Å². The van der Waals surface area contributed by atoms with E-state index < -0.39 is 5.60 Å². The Balaban J connectivity index is 2.17. The van der Waals surface area contributed by atoms with E-state index in [1.807, 2.05) is 12.1 Å². The largest absolute Gasteiger partial charge is 0.388 e. The zero-order chi connectivity index (χ0) is 9.31. The Kier molecular flexibility index (Phi) is 2.06. The molecule has 0 spiro atoms. The molecule has 0 amide bonds. The van der Waals surface area contributed by atoms with Gasteiger partial charge in [-0.1, -0.05) is 6.07 Å². The van der Waals surface area contributed by atoms with Crippen LogP contribution in [0.15, 0.2) is 24.5 Å². The van der Waals surface area contributed by atoms with Crippen molar-refractivity contribution in [2.24, 2.45) is 5.73 Å². The van der Waals surface area contributed by atoms with Crippen LogP contribution in [0.1, 0.15) is 30.9 Å². The van der Waals surface area contributed by atoms with Crippen LogP contribution in [0, 0.1) is 0 Å². The molecule has 1 heterocycles. The van der Waals surface area contributed by atoms with Crippen LogP contribution in [0.4, 0.5) is 0 Å². The van der Waals surface area contributed by atoms with Crippen LogP contribution in [0.5, 0.6) is 0 Å². The molecule has 1 aliphatic carbocycles. The minimum absolute atomic E-state index is 0.282. The Morgan fingerprint density at radius 1 is 1.54 bits per heavy atom. The third-order valence-corrected chi connectivity index (χ3v) is 2.84. The van der Waals surface area contributed by atoms with E-state index in [2.05, 4.69) is 4.98 Å². The summed E-state index contributed by atoms with van der Waals surface area (Å²) >= 11 is 0. The second-order valence-corrected chi connectivity index (χ2v) is 3.72. The van der Waals surface area contributed by atoms with Crippen molar-refractivity contribution in [2.75, 3.05) is 0 Å². The van der Waals surface area contributed by atoms with Gasteiger partial charge in [0.05, 0.1) is 11.6 Å². The van der Waals surface area contributed by atoms with Crippen molar-refractivity contribution in [2.45, 2.75) is 30.9 Å². The number of rotatable bonds is 2. The number of aromatic nitrogens is 1. The maximum absolute atomic E-state index is 9.98. The zero-order valence-corrected chi connectivity index (χ0v) is 7.48. The van der Waals surface area contributed by atoms with Gasteiger partial charge in [0, 0.05) is 12.4 Å². The summed E-state index contributed by atoms with van der Waals surface area (Å²) < 4.78 is 0. The third-order valence-electron chi connectivity index (χ3n) is 2.84. The maximum atomic E-state index is 9.98. The first-order valence-corrected chi connectivity index (χ1v) is 4.60. The molecule has 3 heteroatoms. The molecular formula is C10H14N2O. The van der Waals surface area contributed by atoms with E-state index in [-0.39, 0.29) is 6.04 Å². The van der Waals surface area contributed by atoms with Gasteiger partial charge in [-0.2, -0.15) is 0 Å². The fourth-order valence-electron chi connectivity index (χ4n) is 1.72. The molecule has 3 nitrogen and oxygen atoms in total. The van der Waals surface area contributed by atoms with Gasteiger partial charge >= 0.3 is 0 Å². The van der Waals surface area contributed by atoms with Crippen LogP contribution in [0.3, 0.4) is 0 Å². The standard InChI is InChI=1S/C10H14N2O/c11-9(10(13)4-2-5-10)8-3-1-6-12-7-8/h1,3,6-7,9,13H,2,4-5,11H2. The van der Waals surface area contributed by atoms with Gasteiger partial charge in [-0.05, 0) is 30.9 Å². The highest BCUT2D eigenvalue weighted by Crippen LogP contribution is 2.40. The Bertz CT molecular complexity index is 282. The fraction of sp³-hybridized carbons (Fsp3) is 0.500. The van der Waals surface area contributed by atoms with Gasteiger partial charge in [-0.3, -0.25) is 4.98 Å². The molecular weight excluding hydrogens is 164 g/mol. The van der Waals surface area contributed by atoms with E-state index in [9.17, 15) is 5.11 Å². The van der Waals surface area contributed by atoms with E-state index in [0.717, 1.165) is 24.8 Å². The monoisotopic (exact) mass is 178 g/mol. The van der Waals surface area contributed by atoms with Crippen molar-refractivity contribution in [3.8, 4) is 0 Å². The van der Waals surface area contributed by atoms with Crippen LogP contribution < -0.4 is 5.73 Å². The molecule has 70 valence electrons. The summed E-state index contributed by atoms with van der Waals surface area (Å²) in [6.45, 7) is 0. The topological polar surface area (TPSA) is 59.1 Å². The summed E-state index contributed by atoms with van der Waals surface area (Å²) in [7, 11) is 0. The summed E-state index contributed by atoms with van der Waals surface area (Å²) in [5.41, 5.74) is 6.19. The zero-order valence-electron chi connectivity index (χ0n) is 7.48. The number of aliphatic hydroxyl groups is 1. The lowest BCUT2D eigenvalue weighted by atomic mass is 9.73. The molecule has 1 aliphatic rings. The predicted molar refractivity (Wildman–Crippen MR) is 50.0 cm³/mol. The molecule has 1 atom stereocenters. The Morgan fingerprint density at radius 2 is 2.31 bits per heavy atom. The average molecular weight is 178 g/mol. The summed E-state index contributed by atoms with van der Waals surface area (Å²) in [6, 6.07) is 3.47. The molecule has 0 bridgehead atoms. The van der Waals surface area contributed by atoms with Crippen LogP contribution in [0.2, 0.25) is 0 Å². The summed E-state index contributed by atoms with van der Waals surface area (Å²) in [5.74, 6) is 0. The van der Waals surface area contributed by atoms with Gasteiger partial charge in [-0.25, -0.2) is 0 Å². The molecule has 0 aromatic carbocycles. The normalized spacial score (nSPS) is 22.0. The molecule has 13 heavy (non-hydrogen) atoms. The summed E-state index contributed by atoms with van der Waals surface area (Å²) in [6.07, 6.45) is 6.12. The second-order valence-electron chi connectivity index (χ2n) is 3.72. The highest BCUT2D eigenvalue weighted by molar-refractivity contribution is 5.19. The first kappa shape index (κ1) is 8.66. The van der Waals surface area contributed by atoms with Crippen molar-refractivity contribution in [3.63, 3.8) is 0 Å². The SMILES string of the molecule is NC(c1cccnc1)C1(O)CCC1. The molecule has 0 radical (unpaired) electrons. The molecule has 1 aromatic heterocycles. The van der Waals surface area contributed by atoms with Gasteiger partial charge in [0.15, 0.2) is 0 Å². The molecule has 0 aliphatic heterocycles. The lowest BCUT2D eigenvalue weighted by molar-refractivity contribution is -0.0560. The molecule has 1 aromatic rings. The first-order valence-electron chi connectivity index (χ1n) is 4.60. The molecule has 3 N–H and O–H groups in total. The molecule has 1 unspecified atom stereocenters. The minimum atomic E-state index is -0.678. The maximum Gasteiger partial charge on any atom is 0.0840 e.